The molecular weight excluding hydrogens is 278 g/mol. The molecule has 0 saturated carbocycles. The van der Waals surface area contributed by atoms with Gasteiger partial charge in [-0.25, -0.2) is 4.79 Å². The van der Waals surface area contributed by atoms with Crippen molar-refractivity contribution in [3.8, 4) is 0 Å². The Morgan fingerprint density at radius 2 is 1.82 bits per heavy atom. The number of hydrogen-bond donors (Lipinski definition) is 3. The topological polar surface area (TPSA) is 90.4 Å². The van der Waals surface area contributed by atoms with Crippen LogP contribution in [-0.4, -0.2) is 12.7 Å². The van der Waals surface area contributed by atoms with Crippen LogP contribution >= 0.6 is 0 Å². The molecule has 2 aromatic carbocycles. The van der Waals surface area contributed by atoms with Gasteiger partial charge in [0.15, 0.2) is 0 Å². The second-order valence-corrected chi connectivity index (χ2v) is 5.08. The van der Waals surface area contributed by atoms with Gasteiger partial charge >= 0.3 is 6.09 Å². The summed E-state index contributed by atoms with van der Waals surface area (Å²) in [6, 6.07) is 13.1. The minimum Gasteiger partial charge on any atom is -0.450 e. The van der Waals surface area contributed by atoms with Gasteiger partial charge in [-0.3, -0.25) is 5.32 Å². The summed E-state index contributed by atoms with van der Waals surface area (Å²) >= 11 is 0. The highest BCUT2D eigenvalue weighted by molar-refractivity contribution is 5.89. The van der Waals surface area contributed by atoms with Gasteiger partial charge in [-0.05, 0) is 37.1 Å². The molecule has 116 valence electrons. The number of nitrogen functional groups attached to an aromatic ring is 1. The molecule has 1 unspecified atom stereocenters. The van der Waals surface area contributed by atoms with E-state index in [-0.39, 0.29) is 6.04 Å². The molecule has 5 N–H and O–H groups in total. The molecular formula is C17H21N3O2. The van der Waals surface area contributed by atoms with Gasteiger partial charge in [0.1, 0.15) is 0 Å². The van der Waals surface area contributed by atoms with E-state index in [1.165, 1.54) is 5.56 Å². The monoisotopic (exact) mass is 299 g/mol. The number of benzene rings is 2. The molecule has 0 heterocycles. The number of nitrogens with one attached hydrogen (secondary N) is 1. The lowest BCUT2D eigenvalue weighted by Crippen LogP contribution is -2.16. The van der Waals surface area contributed by atoms with Gasteiger partial charge in [0.25, 0.3) is 0 Å². The van der Waals surface area contributed by atoms with Gasteiger partial charge in [-0.15, -0.1) is 0 Å². The fourth-order valence-electron chi connectivity index (χ4n) is 2.13. The summed E-state index contributed by atoms with van der Waals surface area (Å²) in [4.78, 5) is 11.4. The van der Waals surface area contributed by atoms with Crippen molar-refractivity contribution < 1.29 is 9.53 Å². The van der Waals surface area contributed by atoms with E-state index in [9.17, 15) is 4.79 Å². The molecule has 0 spiro atoms. The van der Waals surface area contributed by atoms with Crippen molar-refractivity contribution in [2.75, 3.05) is 17.7 Å². The van der Waals surface area contributed by atoms with Crippen molar-refractivity contribution >= 4 is 17.5 Å². The van der Waals surface area contributed by atoms with E-state index in [1.54, 1.807) is 19.1 Å². The normalized spacial score (nSPS) is 11.8. The Bertz CT molecular complexity index is 653. The maximum Gasteiger partial charge on any atom is 0.411 e. The molecule has 0 radical (unpaired) electrons. The number of carbonyl (C=O) groups excluding carboxylic acids is 1. The van der Waals surface area contributed by atoms with E-state index in [0.717, 1.165) is 11.1 Å². The summed E-state index contributed by atoms with van der Waals surface area (Å²) in [5.41, 5.74) is 16.3. The Hall–Kier alpha value is -2.53. The number of ether oxygens (including phenoxy) is 1. The van der Waals surface area contributed by atoms with Crippen LogP contribution in [0.25, 0.3) is 0 Å². The first-order chi connectivity index (χ1) is 10.5. The van der Waals surface area contributed by atoms with Crippen molar-refractivity contribution in [1.29, 1.82) is 0 Å². The fraction of sp³-hybridized carbons (Fsp3) is 0.235. The van der Waals surface area contributed by atoms with Crippen molar-refractivity contribution in [2.24, 2.45) is 5.73 Å². The zero-order valence-electron chi connectivity index (χ0n) is 12.8. The van der Waals surface area contributed by atoms with Crippen LogP contribution in [0.3, 0.4) is 0 Å². The summed E-state index contributed by atoms with van der Waals surface area (Å²) in [5, 5.41) is 2.60. The standard InChI is InChI=1S/C17H21N3O2/c1-3-22-17(21)20-15-9-8-13(10-14(15)18)16(19)12-6-4-11(2)5-7-12/h4-10,16H,3,18-19H2,1-2H3,(H,20,21). The van der Waals surface area contributed by atoms with E-state index in [0.29, 0.717) is 18.0 Å². The van der Waals surface area contributed by atoms with E-state index in [4.69, 9.17) is 16.2 Å². The smallest absolute Gasteiger partial charge is 0.411 e. The molecule has 2 aromatic rings. The first kappa shape index (κ1) is 15.9. The number of aryl methyl sites for hydroxylation is 1. The Kier molecular flexibility index (Phi) is 5.01. The van der Waals surface area contributed by atoms with Crippen molar-refractivity contribution in [3.05, 3.63) is 59.2 Å². The van der Waals surface area contributed by atoms with Crippen LogP contribution < -0.4 is 16.8 Å². The van der Waals surface area contributed by atoms with Crippen LogP contribution in [-0.2, 0) is 4.74 Å². The number of carbonyl (C=O) groups is 1. The molecule has 1 atom stereocenters. The quantitative estimate of drug-likeness (QED) is 0.756. The van der Waals surface area contributed by atoms with Gasteiger partial charge in [0.05, 0.1) is 24.0 Å². The van der Waals surface area contributed by atoms with Crippen molar-refractivity contribution in [2.45, 2.75) is 19.9 Å². The molecule has 0 saturated heterocycles. The molecule has 0 aliphatic carbocycles. The highest BCUT2D eigenvalue weighted by Gasteiger charge is 2.12. The van der Waals surface area contributed by atoms with Crippen LogP contribution in [0.1, 0.15) is 29.7 Å². The van der Waals surface area contributed by atoms with Crippen LogP contribution in [0.5, 0.6) is 0 Å². The third kappa shape index (κ3) is 3.77. The SMILES string of the molecule is CCOC(=O)Nc1ccc(C(N)c2ccc(C)cc2)cc1N. The Morgan fingerprint density at radius 1 is 1.18 bits per heavy atom. The van der Waals surface area contributed by atoms with Gasteiger partial charge < -0.3 is 16.2 Å². The largest absolute Gasteiger partial charge is 0.450 e. The molecule has 0 aliphatic heterocycles. The summed E-state index contributed by atoms with van der Waals surface area (Å²) in [6.07, 6.45) is -0.523. The molecule has 5 nitrogen and oxygen atoms in total. The number of hydrogen-bond acceptors (Lipinski definition) is 4. The number of rotatable bonds is 4. The molecule has 5 heteroatoms. The van der Waals surface area contributed by atoms with Gasteiger partial charge in [-0.2, -0.15) is 0 Å². The molecule has 0 bridgehead atoms. The summed E-state index contributed by atoms with van der Waals surface area (Å²) in [5.74, 6) is 0. The first-order valence-electron chi connectivity index (χ1n) is 7.16. The maximum absolute atomic E-state index is 11.4. The highest BCUT2D eigenvalue weighted by Crippen LogP contribution is 2.26. The van der Waals surface area contributed by atoms with Crippen LogP contribution in [0, 0.1) is 6.92 Å². The third-order valence-corrected chi connectivity index (χ3v) is 3.38. The average Bonchev–Trinajstić information content (AvgIpc) is 2.49. The molecule has 0 fully saturated rings. The Labute approximate surface area is 130 Å². The van der Waals surface area contributed by atoms with Gasteiger partial charge in [0, 0.05) is 0 Å². The van der Waals surface area contributed by atoms with Crippen LogP contribution in [0.2, 0.25) is 0 Å². The van der Waals surface area contributed by atoms with Crippen LogP contribution in [0.15, 0.2) is 42.5 Å². The highest BCUT2D eigenvalue weighted by atomic mass is 16.5. The predicted octanol–water partition coefficient (Wildman–Crippen LogP) is 3.19. The van der Waals surface area contributed by atoms with E-state index in [1.807, 2.05) is 37.3 Å². The lowest BCUT2D eigenvalue weighted by atomic mass is 9.98. The van der Waals surface area contributed by atoms with Gasteiger partial charge in [0.2, 0.25) is 0 Å². The molecule has 22 heavy (non-hydrogen) atoms. The van der Waals surface area contributed by atoms with E-state index < -0.39 is 6.09 Å². The molecule has 2 rings (SSSR count). The van der Waals surface area contributed by atoms with Crippen molar-refractivity contribution in [3.63, 3.8) is 0 Å². The summed E-state index contributed by atoms with van der Waals surface area (Å²) in [7, 11) is 0. The molecule has 0 aromatic heterocycles. The maximum atomic E-state index is 11.4. The number of anilines is 2. The first-order valence-corrected chi connectivity index (χ1v) is 7.16. The zero-order chi connectivity index (χ0) is 16.1. The number of amides is 1. The Morgan fingerprint density at radius 3 is 2.41 bits per heavy atom. The van der Waals surface area contributed by atoms with Crippen LogP contribution in [0.4, 0.5) is 16.2 Å². The average molecular weight is 299 g/mol. The minimum absolute atomic E-state index is 0.264. The van der Waals surface area contributed by atoms with Gasteiger partial charge in [-0.1, -0.05) is 35.9 Å². The molecule has 1 amide bonds. The van der Waals surface area contributed by atoms with Crippen molar-refractivity contribution in [1.82, 2.24) is 0 Å². The second kappa shape index (κ2) is 6.95. The zero-order valence-corrected chi connectivity index (χ0v) is 12.8. The van der Waals surface area contributed by atoms with E-state index >= 15 is 0 Å². The fourth-order valence-corrected chi connectivity index (χ4v) is 2.13. The minimum atomic E-state index is -0.523. The predicted molar refractivity (Wildman–Crippen MR) is 88.7 cm³/mol. The summed E-state index contributed by atoms with van der Waals surface area (Å²) in [6.45, 7) is 4.08. The summed E-state index contributed by atoms with van der Waals surface area (Å²) < 4.78 is 4.83. The second-order valence-electron chi connectivity index (χ2n) is 5.08. The molecule has 0 aliphatic rings. The number of nitrogens with two attached hydrogens (primary N) is 2. The third-order valence-electron chi connectivity index (χ3n) is 3.38. The Balaban J connectivity index is 2.17. The lowest BCUT2D eigenvalue weighted by Gasteiger charge is -2.15. The van der Waals surface area contributed by atoms with E-state index in [2.05, 4.69) is 5.32 Å². The lowest BCUT2D eigenvalue weighted by molar-refractivity contribution is 0.168.